The van der Waals surface area contributed by atoms with Crippen LogP contribution in [-0.4, -0.2) is 33.5 Å². The first-order valence-electron chi connectivity index (χ1n) is 7.17. The topological polar surface area (TPSA) is 67.1 Å². The zero-order chi connectivity index (χ0) is 14.3. The molecule has 0 aliphatic carbocycles. The van der Waals surface area contributed by atoms with Gasteiger partial charge in [0.15, 0.2) is 0 Å². The van der Waals surface area contributed by atoms with Crippen molar-refractivity contribution in [1.29, 1.82) is 0 Å². The summed E-state index contributed by atoms with van der Waals surface area (Å²) in [7, 11) is 0. The van der Waals surface area contributed by atoms with Gasteiger partial charge in [-0.1, -0.05) is 27.7 Å². The molecular weight excluding hydrogens is 238 g/mol. The Bertz CT molecular complexity index is 346. The summed E-state index contributed by atoms with van der Waals surface area (Å²) in [5.41, 5.74) is 3.84. The van der Waals surface area contributed by atoms with Crippen molar-refractivity contribution in [3.05, 3.63) is 24.3 Å². The molecule has 1 rings (SSSR count). The molecule has 0 bridgehead atoms. The lowest BCUT2D eigenvalue weighted by Crippen LogP contribution is -2.57. The van der Waals surface area contributed by atoms with E-state index in [-0.39, 0.29) is 11.6 Å². The summed E-state index contributed by atoms with van der Waals surface area (Å²) < 4.78 is 0. The van der Waals surface area contributed by atoms with Crippen molar-refractivity contribution < 1.29 is 0 Å². The smallest absolute Gasteiger partial charge is 0.0830 e. The highest BCUT2D eigenvalue weighted by Crippen LogP contribution is 2.35. The molecule has 0 saturated heterocycles. The van der Waals surface area contributed by atoms with Crippen LogP contribution in [0.3, 0.4) is 0 Å². The zero-order valence-corrected chi connectivity index (χ0v) is 12.6. The van der Waals surface area contributed by atoms with Crippen LogP contribution in [0.1, 0.15) is 52.3 Å². The molecule has 1 heterocycles. The number of aromatic nitrogens is 2. The number of likely N-dealkylation sites (N-methyl/N-ethyl adjacent to an activating group) is 1. The Balaban J connectivity index is 3.21. The molecule has 1 aromatic rings. The molecule has 0 saturated carbocycles. The lowest BCUT2D eigenvalue weighted by molar-refractivity contribution is 0.0471. The van der Waals surface area contributed by atoms with Crippen LogP contribution in [0.2, 0.25) is 0 Å². The molecule has 3 N–H and O–H groups in total. The second kappa shape index (κ2) is 7.53. The van der Waals surface area contributed by atoms with E-state index in [1.54, 1.807) is 18.6 Å². The monoisotopic (exact) mass is 265 g/mol. The zero-order valence-electron chi connectivity index (χ0n) is 12.6. The molecule has 0 aromatic carbocycles. The van der Waals surface area contributed by atoms with Crippen molar-refractivity contribution in [3.8, 4) is 0 Å². The van der Waals surface area contributed by atoms with Crippen LogP contribution in [0.4, 0.5) is 0 Å². The Morgan fingerprint density at radius 1 is 1.21 bits per heavy atom. The molecule has 5 nitrogen and oxygen atoms in total. The molecule has 0 aliphatic heterocycles. The van der Waals surface area contributed by atoms with Crippen LogP contribution in [0.15, 0.2) is 18.6 Å². The number of hydrogen-bond donors (Lipinski definition) is 2. The van der Waals surface area contributed by atoms with Crippen LogP contribution in [0.25, 0.3) is 0 Å². The Morgan fingerprint density at radius 2 is 1.84 bits per heavy atom. The van der Waals surface area contributed by atoms with Gasteiger partial charge in [0.25, 0.3) is 0 Å². The average molecular weight is 265 g/mol. The van der Waals surface area contributed by atoms with Gasteiger partial charge in [0.1, 0.15) is 0 Å². The Labute approximate surface area is 116 Å². The molecule has 0 fully saturated rings. The molecule has 0 aliphatic rings. The van der Waals surface area contributed by atoms with Crippen LogP contribution in [-0.2, 0) is 0 Å². The van der Waals surface area contributed by atoms with Gasteiger partial charge in [0.2, 0.25) is 0 Å². The summed E-state index contributed by atoms with van der Waals surface area (Å²) in [5.74, 6) is 5.84. The Hall–Kier alpha value is -1.04. The lowest BCUT2D eigenvalue weighted by Gasteiger charge is -2.47. The molecule has 0 spiro atoms. The van der Waals surface area contributed by atoms with Crippen molar-refractivity contribution >= 4 is 0 Å². The first-order chi connectivity index (χ1) is 9.19. The Morgan fingerprint density at radius 3 is 2.21 bits per heavy atom. The normalized spacial score (nSPS) is 13.8. The van der Waals surface area contributed by atoms with E-state index in [4.69, 9.17) is 5.84 Å². The van der Waals surface area contributed by atoms with E-state index in [1.807, 2.05) is 0 Å². The number of nitrogens with two attached hydrogens (primary N) is 1. The predicted molar refractivity (Wildman–Crippen MR) is 78.3 cm³/mol. The summed E-state index contributed by atoms with van der Waals surface area (Å²) in [4.78, 5) is 11.1. The summed E-state index contributed by atoms with van der Waals surface area (Å²) in [5, 5.41) is 0. The average Bonchev–Trinajstić information content (AvgIpc) is 2.48. The highest BCUT2D eigenvalue weighted by Gasteiger charge is 2.41. The minimum atomic E-state index is -0.0334. The van der Waals surface area contributed by atoms with Crippen LogP contribution < -0.4 is 11.3 Å². The number of nitrogens with one attached hydrogen (secondary N) is 1. The van der Waals surface area contributed by atoms with E-state index in [9.17, 15) is 0 Å². The first kappa shape index (κ1) is 16.0. The van der Waals surface area contributed by atoms with E-state index in [1.165, 1.54) is 0 Å². The molecule has 0 amide bonds. The van der Waals surface area contributed by atoms with Crippen molar-refractivity contribution in [2.75, 3.05) is 13.1 Å². The van der Waals surface area contributed by atoms with E-state index >= 15 is 0 Å². The van der Waals surface area contributed by atoms with E-state index in [2.05, 4.69) is 48.0 Å². The van der Waals surface area contributed by atoms with Gasteiger partial charge in [-0.05, 0) is 25.9 Å². The second-order valence-electron chi connectivity index (χ2n) is 4.71. The number of nitrogens with zero attached hydrogens (tertiary/aromatic N) is 3. The van der Waals surface area contributed by atoms with Crippen LogP contribution in [0, 0.1) is 0 Å². The van der Waals surface area contributed by atoms with Crippen molar-refractivity contribution in [2.24, 2.45) is 5.84 Å². The molecule has 108 valence electrons. The summed E-state index contributed by atoms with van der Waals surface area (Å²) >= 11 is 0. The predicted octanol–water partition coefficient (Wildman–Crippen LogP) is 1.88. The fraction of sp³-hybridized carbons (Fsp3) is 0.714. The van der Waals surface area contributed by atoms with Gasteiger partial charge in [-0.25, -0.2) is 5.43 Å². The Kier molecular flexibility index (Phi) is 6.34. The highest BCUT2D eigenvalue weighted by molar-refractivity contribution is 5.12. The number of rotatable bonds is 8. The fourth-order valence-electron chi connectivity index (χ4n) is 3.12. The third-order valence-corrected chi connectivity index (χ3v) is 4.20. The maximum absolute atomic E-state index is 5.84. The van der Waals surface area contributed by atoms with Gasteiger partial charge in [-0.3, -0.25) is 20.7 Å². The maximum Gasteiger partial charge on any atom is 0.0830 e. The molecule has 1 atom stereocenters. The lowest BCUT2D eigenvalue weighted by atomic mass is 9.81. The van der Waals surface area contributed by atoms with Crippen LogP contribution >= 0.6 is 0 Å². The maximum atomic E-state index is 5.84. The fourth-order valence-corrected chi connectivity index (χ4v) is 3.12. The third kappa shape index (κ3) is 3.11. The number of hydrogen-bond acceptors (Lipinski definition) is 5. The van der Waals surface area contributed by atoms with Gasteiger partial charge in [0, 0.05) is 17.9 Å². The standard InChI is InChI=1S/C14H27N5/c1-5-14(6-2,19(7-3)8-4)13(18-15)12-11-16-9-10-17-12/h9-11,13,18H,5-8,15H2,1-4H3. The van der Waals surface area contributed by atoms with Gasteiger partial charge >= 0.3 is 0 Å². The third-order valence-electron chi connectivity index (χ3n) is 4.20. The van der Waals surface area contributed by atoms with Crippen LogP contribution in [0.5, 0.6) is 0 Å². The molecule has 1 unspecified atom stereocenters. The number of hydrazine groups is 1. The minimum Gasteiger partial charge on any atom is -0.296 e. The highest BCUT2D eigenvalue weighted by atomic mass is 15.3. The van der Waals surface area contributed by atoms with Gasteiger partial charge in [0.05, 0.1) is 17.9 Å². The van der Waals surface area contributed by atoms with Crippen molar-refractivity contribution in [2.45, 2.75) is 52.1 Å². The molecule has 5 heteroatoms. The van der Waals surface area contributed by atoms with Crippen molar-refractivity contribution in [3.63, 3.8) is 0 Å². The largest absolute Gasteiger partial charge is 0.296 e. The SMILES string of the molecule is CCN(CC)C(CC)(CC)C(NN)c1cnccn1. The molecule has 0 radical (unpaired) electrons. The molecule has 1 aromatic heterocycles. The van der Waals surface area contributed by atoms with E-state index < -0.39 is 0 Å². The minimum absolute atomic E-state index is 0.0175. The molecular formula is C14H27N5. The van der Waals surface area contributed by atoms with Gasteiger partial charge < -0.3 is 0 Å². The van der Waals surface area contributed by atoms with E-state index in [0.29, 0.717) is 0 Å². The van der Waals surface area contributed by atoms with Crippen molar-refractivity contribution in [1.82, 2.24) is 20.3 Å². The quantitative estimate of drug-likeness (QED) is 0.555. The summed E-state index contributed by atoms with van der Waals surface area (Å²) in [6.07, 6.45) is 7.23. The first-order valence-corrected chi connectivity index (χ1v) is 7.17. The molecule has 19 heavy (non-hydrogen) atoms. The second-order valence-corrected chi connectivity index (χ2v) is 4.71. The van der Waals surface area contributed by atoms with E-state index in [0.717, 1.165) is 31.6 Å². The van der Waals surface area contributed by atoms with Gasteiger partial charge in [-0.15, -0.1) is 0 Å². The van der Waals surface area contributed by atoms with Gasteiger partial charge in [-0.2, -0.15) is 0 Å². The summed E-state index contributed by atoms with van der Waals surface area (Å²) in [6, 6.07) is -0.0175. The summed E-state index contributed by atoms with van der Waals surface area (Å²) in [6.45, 7) is 10.8.